The molecule has 64 valence electrons. The Labute approximate surface area is 67.0 Å². The third-order valence-corrected chi connectivity index (χ3v) is 2.06. The molecule has 1 amide bonds. The van der Waals surface area contributed by atoms with Crippen LogP contribution < -0.4 is 0 Å². The van der Waals surface area contributed by atoms with Gasteiger partial charge in [-0.1, -0.05) is 0 Å². The van der Waals surface area contributed by atoms with Crippen molar-refractivity contribution in [3.05, 3.63) is 0 Å². The van der Waals surface area contributed by atoms with Gasteiger partial charge in [-0.05, 0) is 20.3 Å². The molecule has 3 heteroatoms. The van der Waals surface area contributed by atoms with Gasteiger partial charge in [0.1, 0.15) is 0 Å². The number of nitrogens with zero attached hydrogens (tertiary/aromatic N) is 1. The minimum atomic E-state index is -0.405. The van der Waals surface area contributed by atoms with E-state index in [1.807, 2.05) is 18.7 Å². The molecule has 1 fully saturated rings. The molecule has 1 atom stereocenters. The molecule has 3 nitrogen and oxygen atoms in total. The smallest absolute Gasteiger partial charge is 0.225 e. The number of rotatable bonds is 1. The third kappa shape index (κ3) is 1.93. The summed E-state index contributed by atoms with van der Waals surface area (Å²) >= 11 is 0. The van der Waals surface area contributed by atoms with Crippen LogP contribution in [0.1, 0.15) is 26.7 Å². The van der Waals surface area contributed by atoms with Crippen LogP contribution in [-0.4, -0.2) is 34.6 Å². The minimum Gasteiger partial charge on any atom is -0.393 e. The van der Waals surface area contributed by atoms with Crippen LogP contribution in [0, 0.1) is 0 Å². The fourth-order valence-electron chi connectivity index (χ4n) is 1.38. The monoisotopic (exact) mass is 157 g/mol. The van der Waals surface area contributed by atoms with Gasteiger partial charge in [0.15, 0.2) is 0 Å². The van der Waals surface area contributed by atoms with E-state index in [-0.39, 0.29) is 11.9 Å². The average molecular weight is 157 g/mol. The summed E-state index contributed by atoms with van der Waals surface area (Å²) in [5.41, 5.74) is 0. The number of amides is 1. The van der Waals surface area contributed by atoms with Crippen molar-refractivity contribution in [3.8, 4) is 0 Å². The van der Waals surface area contributed by atoms with Gasteiger partial charge in [0.2, 0.25) is 5.91 Å². The van der Waals surface area contributed by atoms with E-state index in [0.717, 1.165) is 6.42 Å². The summed E-state index contributed by atoms with van der Waals surface area (Å²) in [5.74, 6) is 0.0822. The lowest BCUT2D eigenvalue weighted by molar-refractivity contribution is -0.138. The van der Waals surface area contributed by atoms with E-state index in [1.54, 1.807) is 0 Å². The number of hydrogen-bond acceptors (Lipinski definition) is 2. The summed E-state index contributed by atoms with van der Waals surface area (Å²) in [6.07, 6.45) is 0.625. The van der Waals surface area contributed by atoms with Crippen LogP contribution >= 0.6 is 0 Å². The quantitative estimate of drug-likeness (QED) is 0.597. The first-order chi connectivity index (χ1) is 5.11. The fourth-order valence-corrected chi connectivity index (χ4v) is 1.38. The Morgan fingerprint density at radius 1 is 1.64 bits per heavy atom. The second-order valence-corrected chi connectivity index (χ2v) is 3.33. The average Bonchev–Trinajstić information content (AvgIpc) is 1.85. The molecule has 0 aromatic heterocycles. The molecule has 0 aliphatic carbocycles. The SMILES string of the molecule is CC(C)N1CCC(O)CC1=O. The molecule has 0 bridgehead atoms. The van der Waals surface area contributed by atoms with Crippen molar-refractivity contribution in [1.29, 1.82) is 0 Å². The Bertz CT molecular complexity index is 156. The van der Waals surface area contributed by atoms with Gasteiger partial charge in [0.05, 0.1) is 12.5 Å². The van der Waals surface area contributed by atoms with E-state index >= 15 is 0 Å². The van der Waals surface area contributed by atoms with Crippen molar-refractivity contribution in [2.45, 2.75) is 38.8 Å². The second-order valence-electron chi connectivity index (χ2n) is 3.33. The standard InChI is InChI=1S/C8H15NO2/c1-6(2)9-4-3-7(10)5-8(9)11/h6-7,10H,3-5H2,1-2H3. The van der Waals surface area contributed by atoms with Gasteiger partial charge in [0.25, 0.3) is 0 Å². The maximum atomic E-state index is 11.2. The number of carbonyl (C=O) groups excluding carboxylic acids is 1. The van der Waals surface area contributed by atoms with Gasteiger partial charge in [0, 0.05) is 12.6 Å². The van der Waals surface area contributed by atoms with Gasteiger partial charge in [-0.2, -0.15) is 0 Å². The van der Waals surface area contributed by atoms with Crippen molar-refractivity contribution >= 4 is 5.91 Å². The summed E-state index contributed by atoms with van der Waals surface area (Å²) < 4.78 is 0. The van der Waals surface area contributed by atoms with E-state index in [9.17, 15) is 4.79 Å². The van der Waals surface area contributed by atoms with Crippen molar-refractivity contribution in [1.82, 2.24) is 4.90 Å². The first kappa shape index (κ1) is 8.53. The molecule has 0 spiro atoms. The van der Waals surface area contributed by atoms with Crippen molar-refractivity contribution < 1.29 is 9.90 Å². The molecule has 1 heterocycles. The van der Waals surface area contributed by atoms with E-state index < -0.39 is 6.10 Å². The number of piperidine rings is 1. The number of aliphatic hydroxyl groups is 1. The fraction of sp³-hybridized carbons (Fsp3) is 0.875. The Balaban J connectivity index is 2.51. The zero-order chi connectivity index (χ0) is 8.43. The van der Waals surface area contributed by atoms with E-state index in [4.69, 9.17) is 5.11 Å². The summed E-state index contributed by atoms with van der Waals surface area (Å²) in [7, 11) is 0. The van der Waals surface area contributed by atoms with Crippen LogP contribution in [0.2, 0.25) is 0 Å². The summed E-state index contributed by atoms with van der Waals surface area (Å²) in [4.78, 5) is 13.0. The Hall–Kier alpha value is -0.570. The zero-order valence-corrected chi connectivity index (χ0v) is 7.08. The number of carbonyl (C=O) groups is 1. The lowest BCUT2D eigenvalue weighted by atomic mass is 10.1. The number of hydrogen-bond donors (Lipinski definition) is 1. The molecule has 1 unspecified atom stereocenters. The molecule has 1 N–H and O–H groups in total. The largest absolute Gasteiger partial charge is 0.393 e. The molecule has 1 aliphatic rings. The van der Waals surface area contributed by atoms with Crippen molar-refractivity contribution in [3.63, 3.8) is 0 Å². The van der Waals surface area contributed by atoms with Crippen LogP contribution in [0.15, 0.2) is 0 Å². The predicted octanol–water partition coefficient (Wildman–Crippen LogP) is 0.378. The molecular formula is C8H15NO2. The zero-order valence-electron chi connectivity index (χ0n) is 7.08. The Morgan fingerprint density at radius 2 is 2.27 bits per heavy atom. The Morgan fingerprint density at radius 3 is 2.73 bits per heavy atom. The molecule has 1 saturated heterocycles. The van der Waals surface area contributed by atoms with E-state index in [0.29, 0.717) is 13.0 Å². The van der Waals surface area contributed by atoms with Crippen LogP contribution in [0.5, 0.6) is 0 Å². The minimum absolute atomic E-state index is 0.0822. The molecule has 1 aliphatic heterocycles. The molecule has 1 rings (SSSR count). The lowest BCUT2D eigenvalue weighted by Crippen LogP contribution is -2.44. The summed E-state index contributed by atoms with van der Waals surface area (Å²) in [5, 5.41) is 9.13. The van der Waals surface area contributed by atoms with E-state index in [1.165, 1.54) is 0 Å². The maximum absolute atomic E-state index is 11.2. The summed E-state index contributed by atoms with van der Waals surface area (Å²) in [6, 6.07) is 0.273. The molecular weight excluding hydrogens is 142 g/mol. The Kier molecular flexibility index (Phi) is 2.49. The summed E-state index contributed by atoms with van der Waals surface area (Å²) in [6.45, 7) is 4.70. The van der Waals surface area contributed by atoms with Crippen molar-refractivity contribution in [2.75, 3.05) is 6.54 Å². The molecule has 0 aromatic carbocycles. The van der Waals surface area contributed by atoms with Crippen molar-refractivity contribution in [2.24, 2.45) is 0 Å². The van der Waals surface area contributed by atoms with Crippen LogP contribution in [0.25, 0.3) is 0 Å². The second kappa shape index (κ2) is 3.22. The predicted molar refractivity (Wildman–Crippen MR) is 42.1 cm³/mol. The van der Waals surface area contributed by atoms with Gasteiger partial charge in [-0.25, -0.2) is 0 Å². The highest BCUT2D eigenvalue weighted by atomic mass is 16.3. The van der Waals surface area contributed by atoms with Gasteiger partial charge >= 0.3 is 0 Å². The maximum Gasteiger partial charge on any atom is 0.225 e. The third-order valence-electron chi connectivity index (χ3n) is 2.06. The highest BCUT2D eigenvalue weighted by molar-refractivity contribution is 5.77. The highest BCUT2D eigenvalue weighted by Crippen LogP contribution is 2.13. The molecule has 0 radical (unpaired) electrons. The first-order valence-corrected chi connectivity index (χ1v) is 4.09. The van der Waals surface area contributed by atoms with Gasteiger partial charge in [-0.3, -0.25) is 4.79 Å². The molecule has 0 aromatic rings. The first-order valence-electron chi connectivity index (χ1n) is 4.09. The van der Waals surface area contributed by atoms with E-state index in [2.05, 4.69) is 0 Å². The molecule has 11 heavy (non-hydrogen) atoms. The normalized spacial score (nSPS) is 26.4. The number of likely N-dealkylation sites (tertiary alicyclic amines) is 1. The van der Waals surface area contributed by atoms with Crippen LogP contribution in [-0.2, 0) is 4.79 Å². The topological polar surface area (TPSA) is 40.5 Å². The number of aliphatic hydroxyl groups excluding tert-OH is 1. The van der Waals surface area contributed by atoms with Gasteiger partial charge < -0.3 is 10.0 Å². The lowest BCUT2D eigenvalue weighted by Gasteiger charge is -2.32. The van der Waals surface area contributed by atoms with Crippen LogP contribution in [0.4, 0.5) is 0 Å². The molecule has 0 saturated carbocycles. The highest BCUT2D eigenvalue weighted by Gasteiger charge is 2.25. The van der Waals surface area contributed by atoms with Crippen LogP contribution in [0.3, 0.4) is 0 Å². The van der Waals surface area contributed by atoms with Gasteiger partial charge in [-0.15, -0.1) is 0 Å².